The van der Waals surface area contributed by atoms with Gasteiger partial charge in [0.05, 0.1) is 42.7 Å². The van der Waals surface area contributed by atoms with E-state index in [0.29, 0.717) is 42.4 Å². The fourth-order valence-electron chi connectivity index (χ4n) is 5.22. The maximum atomic E-state index is 15.4. The number of likely N-dealkylation sites (tertiary alicyclic amines) is 1. The molecule has 3 fully saturated rings. The average Bonchev–Trinajstić information content (AvgIpc) is 3.47. The highest BCUT2D eigenvalue weighted by molar-refractivity contribution is 6.32. The van der Waals surface area contributed by atoms with Crippen molar-refractivity contribution < 1.29 is 13.5 Å². The van der Waals surface area contributed by atoms with Crippen molar-refractivity contribution >= 4 is 34.1 Å². The minimum absolute atomic E-state index is 0.105. The van der Waals surface area contributed by atoms with Crippen molar-refractivity contribution in [2.45, 2.75) is 56.5 Å². The number of aryl methyl sites for hydroxylation is 1. The van der Waals surface area contributed by atoms with E-state index in [1.807, 2.05) is 28.6 Å². The Kier molecular flexibility index (Phi) is 5.66. The number of rotatable bonds is 5. The van der Waals surface area contributed by atoms with E-state index in [1.54, 1.807) is 12.4 Å². The van der Waals surface area contributed by atoms with E-state index in [2.05, 4.69) is 20.4 Å². The molecule has 10 heteroatoms. The van der Waals surface area contributed by atoms with Crippen LogP contribution < -0.4 is 5.32 Å². The number of nitrogens with zero attached hydrogens (tertiary/aromatic N) is 5. The number of piperidine rings is 1. The van der Waals surface area contributed by atoms with Gasteiger partial charge in [-0.2, -0.15) is 5.10 Å². The van der Waals surface area contributed by atoms with Crippen molar-refractivity contribution in [2.75, 3.05) is 31.6 Å². The number of halogens is 3. The van der Waals surface area contributed by atoms with Crippen LogP contribution in [0.3, 0.4) is 0 Å². The molecule has 2 aliphatic heterocycles. The molecule has 4 atom stereocenters. The summed E-state index contributed by atoms with van der Waals surface area (Å²) in [6, 6.07) is 4.02. The van der Waals surface area contributed by atoms with Gasteiger partial charge in [-0.25, -0.2) is 23.4 Å². The molecule has 0 amide bonds. The molecule has 2 saturated heterocycles. The second-order valence-corrected chi connectivity index (χ2v) is 10.00. The number of hydrogen-bond acceptors (Lipinski definition) is 6. The van der Waals surface area contributed by atoms with Crippen LogP contribution in [0, 0.1) is 6.92 Å². The second-order valence-electron chi connectivity index (χ2n) is 9.64. The van der Waals surface area contributed by atoms with E-state index in [0.717, 1.165) is 34.9 Å². The summed E-state index contributed by atoms with van der Waals surface area (Å²) in [5.74, 6) is 0.167. The molecular weight excluding hydrogens is 462 g/mol. The largest absolute Gasteiger partial charge is 0.377 e. The van der Waals surface area contributed by atoms with Gasteiger partial charge >= 0.3 is 0 Å². The number of alkyl halides is 2. The van der Waals surface area contributed by atoms with Gasteiger partial charge in [-0.3, -0.25) is 4.90 Å². The molecule has 7 nitrogen and oxygen atoms in total. The van der Waals surface area contributed by atoms with Crippen LogP contribution in [0.2, 0.25) is 5.15 Å². The minimum atomic E-state index is -1.08. The number of fused-ring (bicyclic) bond motifs is 1. The summed E-state index contributed by atoms with van der Waals surface area (Å²) in [6.45, 7) is 3.31. The fourth-order valence-corrected chi connectivity index (χ4v) is 5.50. The van der Waals surface area contributed by atoms with Gasteiger partial charge in [-0.05, 0) is 56.0 Å². The average molecular weight is 489 g/mol. The van der Waals surface area contributed by atoms with Crippen molar-refractivity contribution in [3.05, 3.63) is 40.8 Å². The van der Waals surface area contributed by atoms with Crippen LogP contribution in [-0.2, 0) is 4.74 Å². The zero-order valence-corrected chi connectivity index (χ0v) is 19.7. The maximum Gasteiger partial charge on any atom is 0.227 e. The lowest BCUT2D eigenvalue weighted by atomic mass is 9.84. The van der Waals surface area contributed by atoms with Crippen molar-refractivity contribution in [1.29, 1.82) is 0 Å². The summed E-state index contributed by atoms with van der Waals surface area (Å²) in [4.78, 5) is 11.0. The Morgan fingerprint density at radius 3 is 2.71 bits per heavy atom. The number of anilines is 2. The van der Waals surface area contributed by atoms with Crippen molar-refractivity contribution in [3.63, 3.8) is 0 Å². The molecule has 3 aliphatic rings. The number of ether oxygens (including phenoxy) is 1. The van der Waals surface area contributed by atoms with Gasteiger partial charge in [-0.1, -0.05) is 11.6 Å². The third-order valence-electron chi connectivity index (χ3n) is 7.27. The van der Waals surface area contributed by atoms with Gasteiger partial charge in [-0.15, -0.1) is 0 Å². The van der Waals surface area contributed by atoms with Gasteiger partial charge in [0.2, 0.25) is 5.95 Å². The summed E-state index contributed by atoms with van der Waals surface area (Å²) < 4.78 is 36.5. The Hall–Kier alpha value is -2.36. The highest BCUT2D eigenvalue weighted by Gasteiger charge is 2.39. The first-order valence-electron chi connectivity index (χ1n) is 11.8. The van der Waals surface area contributed by atoms with Crippen LogP contribution in [0.5, 0.6) is 0 Å². The van der Waals surface area contributed by atoms with Crippen molar-refractivity contribution in [3.8, 4) is 0 Å². The first kappa shape index (κ1) is 22.1. The first-order valence-corrected chi connectivity index (χ1v) is 12.2. The molecule has 0 radical (unpaired) electrons. The summed E-state index contributed by atoms with van der Waals surface area (Å²) in [7, 11) is 0. The van der Waals surface area contributed by atoms with Gasteiger partial charge in [0.25, 0.3) is 0 Å². The molecular formula is C24H27ClF2N6O. The van der Waals surface area contributed by atoms with Crippen LogP contribution in [0.15, 0.2) is 24.5 Å². The third-order valence-corrected chi connectivity index (χ3v) is 7.64. The van der Waals surface area contributed by atoms with E-state index in [4.69, 9.17) is 16.3 Å². The Bertz CT molecular complexity index is 1220. The number of benzene rings is 1. The third kappa shape index (κ3) is 4.03. The van der Waals surface area contributed by atoms with Gasteiger partial charge in [0.1, 0.15) is 12.3 Å². The summed E-state index contributed by atoms with van der Waals surface area (Å²) in [5, 5.41) is 8.96. The number of hydrogen-bond donors (Lipinski definition) is 1. The van der Waals surface area contributed by atoms with Gasteiger partial charge in [0, 0.05) is 24.0 Å². The Morgan fingerprint density at radius 2 is 1.97 bits per heavy atom. The Balaban J connectivity index is 1.23. The standard InChI is InChI=1S/C24H27ClF2N6O/c1-13-6-14-8-28-24(31-21-9-29-33(23(21)25)15-2-3-15)30-20(14)7-17(13)16-4-5-32(10-18(16)26)22-12-34-11-19(22)27/h6-9,15-16,18-19,22H,2-5,10-12H2,1H3,(H,28,30,31)/t16-,18-,19-,22+/m1/s1. The molecule has 1 aromatic carbocycles. The Labute approximate surface area is 201 Å². The smallest absolute Gasteiger partial charge is 0.227 e. The molecule has 0 spiro atoms. The van der Waals surface area contributed by atoms with Gasteiger partial charge in [0.15, 0.2) is 5.15 Å². The molecule has 6 rings (SSSR count). The first-order chi connectivity index (χ1) is 16.5. The van der Waals surface area contributed by atoms with Crippen LogP contribution in [0.4, 0.5) is 20.4 Å². The van der Waals surface area contributed by atoms with Crippen LogP contribution in [0.1, 0.15) is 42.3 Å². The molecule has 1 saturated carbocycles. The molecule has 0 unspecified atom stereocenters. The predicted octanol–water partition coefficient (Wildman–Crippen LogP) is 4.73. The fraction of sp³-hybridized carbons (Fsp3) is 0.542. The summed E-state index contributed by atoms with van der Waals surface area (Å²) in [6.07, 6.45) is 4.14. The normalized spacial score (nSPS) is 28.0. The quantitative estimate of drug-likeness (QED) is 0.560. The second kappa shape index (κ2) is 8.70. The van der Waals surface area contributed by atoms with Crippen molar-refractivity contribution in [2.24, 2.45) is 0 Å². The van der Waals surface area contributed by atoms with E-state index >= 15 is 4.39 Å². The van der Waals surface area contributed by atoms with Crippen molar-refractivity contribution in [1.82, 2.24) is 24.6 Å². The zero-order valence-electron chi connectivity index (χ0n) is 18.9. The molecule has 1 N–H and O–H groups in total. The Morgan fingerprint density at radius 1 is 1.12 bits per heavy atom. The molecule has 34 heavy (non-hydrogen) atoms. The molecule has 1 aliphatic carbocycles. The monoisotopic (exact) mass is 488 g/mol. The van der Waals surface area contributed by atoms with Crippen LogP contribution in [-0.4, -0.2) is 69.3 Å². The molecule has 3 aromatic rings. The molecule has 2 aromatic heterocycles. The lowest BCUT2D eigenvalue weighted by molar-refractivity contribution is 0.0581. The maximum absolute atomic E-state index is 15.4. The van der Waals surface area contributed by atoms with E-state index < -0.39 is 12.3 Å². The number of aromatic nitrogens is 4. The minimum Gasteiger partial charge on any atom is -0.377 e. The topological polar surface area (TPSA) is 68.1 Å². The van der Waals surface area contributed by atoms with Crippen LogP contribution in [0.25, 0.3) is 10.9 Å². The molecule has 4 heterocycles. The highest BCUT2D eigenvalue weighted by atomic mass is 35.5. The number of nitrogens with one attached hydrogen (secondary N) is 1. The van der Waals surface area contributed by atoms with E-state index in [9.17, 15) is 4.39 Å². The van der Waals surface area contributed by atoms with Gasteiger partial charge < -0.3 is 10.1 Å². The summed E-state index contributed by atoms with van der Waals surface area (Å²) >= 11 is 6.46. The highest BCUT2D eigenvalue weighted by Crippen LogP contribution is 2.39. The van der Waals surface area contributed by atoms with E-state index in [1.165, 1.54) is 0 Å². The lowest BCUT2D eigenvalue weighted by Crippen LogP contribution is -2.49. The molecule has 0 bridgehead atoms. The zero-order chi connectivity index (χ0) is 23.4. The SMILES string of the molecule is Cc1cc2cnc(Nc3cnn(C4CC4)c3Cl)nc2cc1[C@H]1CCN([C@H]2COC[C@H]2F)C[C@H]1F. The molecule has 180 valence electrons. The van der Waals surface area contributed by atoms with E-state index in [-0.39, 0.29) is 25.1 Å². The van der Waals surface area contributed by atoms with Crippen LogP contribution >= 0.6 is 11.6 Å². The predicted molar refractivity (Wildman–Crippen MR) is 126 cm³/mol. The lowest BCUT2D eigenvalue weighted by Gasteiger charge is -2.38. The summed E-state index contributed by atoms with van der Waals surface area (Å²) in [5.41, 5.74) is 3.37.